The highest BCUT2D eigenvalue weighted by atomic mass is 35.5. The van der Waals surface area contributed by atoms with E-state index in [0.717, 1.165) is 29.4 Å². The maximum absolute atomic E-state index is 6.29. The molecule has 0 bridgehead atoms. The van der Waals surface area contributed by atoms with Gasteiger partial charge in [-0.25, -0.2) is 0 Å². The summed E-state index contributed by atoms with van der Waals surface area (Å²) in [6.07, 6.45) is 3.56. The van der Waals surface area contributed by atoms with Crippen LogP contribution in [0.5, 0.6) is 11.5 Å². The molecule has 2 aliphatic rings. The van der Waals surface area contributed by atoms with Gasteiger partial charge in [-0.15, -0.1) is 22.0 Å². The second-order valence-corrected chi connectivity index (χ2v) is 6.80. The first-order valence-electron chi connectivity index (χ1n) is 7.34. The average molecular weight is 339 g/mol. The molecule has 1 saturated carbocycles. The van der Waals surface area contributed by atoms with Gasteiger partial charge < -0.3 is 13.9 Å². The van der Waals surface area contributed by atoms with Gasteiger partial charge in [-0.3, -0.25) is 0 Å². The predicted octanol–water partition coefficient (Wildman–Crippen LogP) is 4.05. The summed E-state index contributed by atoms with van der Waals surface area (Å²) >= 11 is 7.85. The van der Waals surface area contributed by atoms with Crippen LogP contribution in [0.4, 0.5) is 0 Å². The lowest BCUT2D eigenvalue weighted by molar-refractivity contribution is 0.171. The Morgan fingerprint density at radius 3 is 2.64 bits per heavy atom. The fourth-order valence-electron chi connectivity index (χ4n) is 2.44. The number of aromatic nitrogens is 2. The van der Waals surface area contributed by atoms with Crippen LogP contribution < -0.4 is 9.47 Å². The minimum absolute atomic E-state index is 0.462. The lowest BCUT2D eigenvalue weighted by Gasteiger charge is -2.20. The summed E-state index contributed by atoms with van der Waals surface area (Å²) in [5, 5.41) is 8.90. The monoisotopic (exact) mass is 338 g/mol. The Kier molecular flexibility index (Phi) is 3.88. The van der Waals surface area contributed by atoms with Gasteiger partial charge in [0, 0.05) is 16.9 Å². The van der Waals surface area contributed by atoms with Crippen LogP contribution in [0.1, 0.15) is 37.0 Å². The van der Waals surface area contributed by atoms with Crippen LogP contribution in [0.15, 0.2) is 21.4 Å². The van der Waals surface area contributed by atoms with Crippen LogP contribution in [0.2, 0.25) is 5.02 Å². The van der Waals surface area contributed by atoms with Crippen LogP contribution in [0.25, 0.3) is 0 Å². The van der Waals surface area contributed by atoms with Gasteiger partial charge in [0.1, 0.15) is 13.2 Å². The molecular formula is C15H15ClN2O3S. The number of benzene rings is 1. The summed E-state index contributed by atoms with van der Waals surface area (Å²) in [6.45, 7) is 1.12. The van der Waals surface area contributed by atoms with E-state index in [-0.39, 0.29) is 0 Å². The van der Waals surface area contributed by atoms with Crippen molar-refractivity contribution in [1.29, 1.82) is 0 Å². The van der Waals surface area contributed by atoms with E-state index in [4.69, 9.17) is 25.5 Å². The molecule has 1 aromatic carbocycles. The number of ether oxygens (including phenoxy) is 2. The summed E-state index contributed by atoms with van der Waals surface area (Å²) in [4.78, 5) is 0.925. The van der Waals surface area contributed by atoms with Crippen molar-refractivity contribution in [2.45, 2.75) is 35.8 Å². The van der Waals surface area contributed by atoms with Crippen molar-refractivity contribution < 1.29 is 13.9 Å². The van der Waals surface area contributed by atoms with Crippen LogP contribution in [-0.4, -0.2) is 23.4 Å². The Bertz CT molecular complexity index is 687. The van der Waals surface area contributed by atoms with E-state index in [1.165, 1.54) is 6.42 Å². The quantitative estimate of drug-likeness (QED) is 0.784. The Hall–Kier alpha value is -1.40. The summed E-state index contributed by atoms with van der Waals surface area (Å²) < 4.78 is 16.8. The molecule has 4 rings (SSSR count). The number of hydrogen-bond donors (Lipinski definition) is 0. The second kappa shape index (κ2) is 6.01. The van der Waals surface area contributed by atoms with Crippen molar-refractivity contribution in [3.8, 4) is 11.5 Å². The molecule has 7 heteroatoms. The predicted molar refractivity (Wildman–Crippen MR) is 82.9 cm³/mol. The zero-order valence-electron chi connectivity index (χ0n) is 11.9. The van der Waals surface area contributed by atoms with E-state index >= 15 is 0 Å². The third-order valence-corrected chi connectivity index (χ3v) is 5.35. The fourth-order valence-corrected chi connectivity index (χ4v) is 3.54. The Morgan fingerprint density at radius 1 is 1.14 bits per heavy atom. The first kappa shape index (κ1) is 14.2. The molecule has 0 saturated heterocycles. The molecule has 22 heavy (non-hydrogen) atoms. The highest BCUT2D eigenvalue weighted by Crippen LogP contribution is 2.40. The van der Waals surface area contributed by atoms with E-state index in [0.29, 0.717) is 41.5 Å². The number of thioether (sulfide) groups is 1. The van der Waals surface area contributed by atoms with Gasteiger partial charge in [0.05, 0.1) is 10.8 Å². The number of hydrogen-bond acceptors (Lipinski definition) is 6. The summed E-state index contributed by atoms with van der Waals surface area (Å²) in [7, 11) is 0. The lowest BCUT2D eigenvalue weighted by atomic mass is 9.85. The Balaban J connectivity index is 1.45. The molecule has 1 aliphatic carbocycles. The van der Waals surface area contributed by atoms with E-state index in [2.05, 4.69) is 10.2 Å². The van der Waals surface area contributed by atoms with E-state index in [1.807, 2.05) is 6.07 Å². The molecule has 2 aromatic rings. The zero-order valence-corrected chi connectivity index (χ0v) is 13.5. The largest absolute Gasteiger partial charge is 0.486 e. The molecule has 0 amide bonds. The van der Waals surface area contributed by atoms with Gasteiger partial charge >= 0.3 is 0 Å². The molecule has 0 N–H and O–H groups in total. The maximum atomic E-state index is 6.29. The van der Waals surface area contributed by atoms with Crippen molar-refractivity contribution in [2.24, 2.45) is 0 Å². The summed E-state index contributed by atoms with van der Waals surface area (Å²) in [6, 6.07) is 3.71. The van der Waals surface area contributed by atoms with Gasteiger partial charge in [-0.05, 0) is 18.9 Å². The normalized spacial score (nSPS) is 17.3. The van der Waals surface area contributed by atoms with Crippen LogP contribution in [0, 0.1) is 0 Å². The van der Waals surface area contributed by atoms with E-state index in [9.17, 15) is 0 Å². The number of fused-ring (bicyclic) bond motifs is 1. The van der Waals surface area contributed by atoms with Crippen LogP contribution >= 0.6 is 23.4 Å². The molecule has 1 aliphatic heterocycles. The van der Waals surface area contributed by atoms with E-state index < -0.39 is 0 Å². The number of rotatable bonds is 4. The second-order valence-electron chi connectivity index (χ2n) is 5.38. The fraction of sp³-hybridized carbons (Fsp3) is 0.467. The molecule has 5 nitrogen and oxygen atoms in total. The van der Waals surface area contributed by atoms with Gasteiger partial charge in [0.25, 0.3) is 0 Å². The molecule has 0 atom stereocenters. The highest BCUT2D eigenvalue weighted by molar-refractivity contribution is 7.98. The third-order valence-electron chi connectivity index (χ3n) is 3.88. The lowest BCUT2D eigenvalue weighted by Crippen LogP contribution is -2.15. The minimum Gasteiger partial charge on any atom is -0.486 e. The van der Waals surface area contributed by atoms with Gasteiger partial charge in [-0.1, -0.05) is 18.0 Å². The van der Waals surface area contributed by atoms with Crippen molar-refractivity contribution >= 4 is 23.4 Å². The van der Waals surface area contributed by atoms with Crippen LogP contribution in [-0.2, 0) is 5.75 Å². The molecule has 0 radical (unpaired) electrons. The van der Waals surface area contributed by atoms with Gasteiger partial charge in [0.15, 0.2) is 11.5 Å². The number of nitrogens with zero attached hydrogens (tertiary/aromatic N) is 2. The molecule has 116 valence electrons. The maximum Gasteiger partial charge on any atom is 0.226 e. The standard InChI is InChI=1S/C15H15ClN2O3S/c16-10-6-11-12(20-5-4-19-11)7-13(10)22-8-14-17-18-15(21-14)9-2-1-3-9/h6-7,9H,1-5,8H2. The number of halogens is 1. The van der Waals surface area contributed by atoms with Crippen LogP contribution in [0.3, 0.4) is 0 Å². The molecule has 0 spiro atoms. The average Bonchev–Trinajstić information content (AvgIpc) is 2.91. The highest BCUT2D eigenvalue weighted by Gasteiger charge is 2.25. The molecule has 2 heterocycles. The Morgan fingerprint density at radius 2 is 1.91 bits per heavy atom. The third kappa shape index (κ3) is 2.77. The van der Waals surface area contributed by atoms with Crippen molar-refractivity contribution in [2.75, 3.05) is 13.2 Å². The minimum atomic E-state index is 0.462. The smallest absolute Gasteiger partial charge is 0.226 e. The van der Waals surface area contributed by atoms with Gasteiger partial charge in [-0.2, -0.15) is 0 Å². The molecule has 0 unspecified atom stereocenters. The van der Waals surface area contributed by atoms with Crippen molar-refractivity contribution in [1.82, 2.24) is 10.2 Å². The molecular weight excluding hydrogens is 324 g/mol. The first-order chi connectivity index (χ1) is 10.8. The van der Waals surface area contributed by atoms with Crippen molar-refractivity contribution in [3.63, 3.8) is 0 Å². The van der Waals surface area contributed by atoms with Gasteiger partial charge in [0.2, 0.25) is 11.8 Å². The van der Waals surface area contributed by atoms with E-state index in [1.54, 1.807) is 17.8 Å². The topological polar surface area (TPSA) is 57.4 Å². The molecule has 1 aromatic heterocycles. The first-order valence-corrected chi connectivity index (χ1v) is 8.70. The van der Waals surface area contributed by atoms with Crippen molar-refractivity contribution in [3.05, 3.63) is 28.9 Å². The summed E-state index contributed by atoms with van der Waals surface area (Å²) in [5.74, 6) is 3.90. The zero-order chi connectivity index (χ0) is 14.9. The molecule has 1 fully saturated rings. The SMILES string of the molecule is Clc1cc2c(cc1SCc1nnc(C3CCC3)o1)OCCO2. The Labute approximate surface area is 137 Å². The summed E-state index contributed by atoms with van der Waals surface area (Å²) in [5.41, 5.74) is 0.